The number of hydrogen-bond acceptors (Lipinski definition) is 2. The van der Waals surface area contributed by atoms with Crippen LogP contribution in [0.5, 0.6) is 0 Å². The van der Waals surface area contributed by atoms with Crippen LogP contribution in [-0.4, -0.2) is 34.2 Å². The summed E-state index contributed by atoms with van der Waals surface area (Å²) in [5.74, 6) is -1.15. The average molecular weight is 186 g/mol. The van der Waals surface area contributed by atoms with E-state index in [1.54, 1.807) is 0 Å². The molecule has 1 N–H and O–H groups in total. The molecule has 0 amide bonds. The van der Waals surface area contributed by atoms with Crippen molar-refractivity contribution in [3.63, 3.8) is 0 Å². The first kappa shape index (κ1) is 14.0. The van der Waals surface area contributed by atoms with Crippen molar-refractivity contribution in [2.45, 2.75) is 26.7 Å². The molecular formula is C8H15AlO3. The first-order valence-corrected chi connectivity index (χ1v) is 3.52. The molecule has 12 heavy (non-hydrogen) atoms. The molecule has 3 nitrogen and oxygen atoms in total. The summed E-state index contributed by atoms with van der Waals surface area (Å²) >= 11 is 0. The van der Waals surface area contributed by atoms with E-state index in [1.165, 1.54) is 13.0 Å². The zero-order chi connectivity index (χ0) is 8.85. The number of hydrogen-bond donors (Lipinski definition) is 1. The zero-order valence-corrected chi connectivity index (χ0v) is 6.76. The van der Waals surface area contributed by atoms with E-state index in [0.29, 0.717) is 6.42 Å². The first-order valence-electron chi connectivity index (χ1n) is 3.52. The van der Waals surface area contributed by atoms with E-state index < -0.39 is 5.97 Å². The van der Waals surface area contributed by atoms with Gasteiger partial charge in [-0.25, -0.2) is 4.79 Å². The topological polar surface area (TPSA) is 54.4 Å². The Morgan fingerprint density at radius 3 is 2.25 bits per heavy atom. The third-order valence-electron chi connectivity index (χ3n) is 1.21. The van der Waals surface area contributed by atoms with Crippen LogP contribution in [-0.2, 0) is 9.59 Å². The monoisotopic (exact) mass is 186 g/mol. The molecule has 0 aromatic rings. The number of aliphatic carboxylic acids is 1. The Kier molecular flexibility index (Phi) is 8.24. The molecule has 0 saturated carbocycles. The summed E-state index contributed by atoms with van der Waals surface area (Å²) < 4.78 is 0. The second-order valence-corrected chi connectivity index (χ2v) is 2.35. The maximum atomic E-state index is 10.8. The van der Waals surface area contributed by atoms with Crippen LogP contribution in [0.4, 0.5) is 0 Å². The molecule has 0 heterocycles. The molecule has 0 fully saturated rings. The molecule has 0 aliphatic carbocycles. The minimum absolute atomic E-state index is 0. The van der Waals surface area contributed by atoms with Crippen molar-refractivity contribution in [2.24, 2.45) is 0 Å². The minimum Gasteiger partial charge on any atom is -0.478 e. The lowest BCUT2D eigenvalue weighted by Crippen LogP contribution is -2.00. The summed E-state index contributed by atoms with van der Waals surface area (Å²) in [5.41, 5.74) is 0.100. The number of rotatable bonds is 4. The summed E-state index contributed by atoms with van der Waals surface area (Å²) in [6, 6.07) is 0. The molecule has 0 saturated heterocycles. The van der Waals surface area contributed by atoms with E-state index in [0.717, 1.165) is 6.42 Å². The van der Waals surface area contributed by atoms with Crippen molar-refractivity contribution < 1.29 is 14.7 Å². The van der Waals surface area contributed by atoms with E-state index in [2.05, 4.69) is 0 Å². The van der Waals surface area contributed by atoms with E-state index in [9.17, 15) is 9.59 Å². The third kappa shape index (κ3) is 6.14. The van der Waals surface area contributed by atoms with Gasteiger partial charge in [-0.15, -0.1) is 0 Å². The van der Waals surface area contributed by atoms with Gasteiger partial charge in [-0.3, -0.25) is 4.79 Å². The molecule has 4 heteroatoms. The van der Waals surface area contributed by atoms with Gasteiger partial charge < -0.3 is 5.11 Å². The van der Waals surface area contributed by atoms with Crippen molar-refractivity contribution in [3.8, 4) is 0 Å². The molecule has 0 rings (SSSR count). The van der Waals surface area contributed by atoms with E-state index in [-0.39, 0.29) is 28.7 Å². The Hall–Kier alpha value is -0.588. The van der Waals surface area contributed by atoms with Crippen molar-refractivity contribution in [1.29, 1.82) is 0 Å². The minimum atomic E-state index is -1.03. The Labute approximate surface area is 82.6 Å². The van der Waals surface area contributed by atoms with E-state index in [4.69, 9.17) is 5.11 Å². The van der Waals surface area contributed by atoms with Crippen LogP contribution in [0.2, 0.25) is 0 Å². The predicted octanol–water partition coefficient (Wildman–Crippen LogP) is 0.203. The van der Waals surface area contributed by atoms with Crippen molar-refractivity contribution in [3.05, 3.63) is 11.6 Å². The van der Waals surface area contributed by atoms with Gasteiger partial charge in [-0.05, 0) is 19.4 Å². The van der Waals surface area contributed by atoms with Gasteiger partial charge in [0.1, 0.15) is 0 Å². The highest BCUT2D eigenvalue weighted by Crippen LogP contribution is 1.96. The molecule has 0 aromatic heterocycles. The number of ketones is 1. The number of carboxylic acids is 1. The molecule has 0 spiro atoms. The fourth-order valence-electron chi connectivity index (χ4n) is 0.622. The summed E-state index contributed by atoms with van der Waals surface area (Å²) in [6.45, 7) is 3.29. The lowest BCUT2D eigenvalue weighted by molar-refractivity contribution is -0.132. The standard InChI is InChI=1S/C8H12O3.Al.3H/c1-3-4-7(9)5-6(2)8(10)11;;;;/h5H,3-4H2,1-2H3,(H,10,11);;;;. The van der Waals surface area contributed by atoms with Crippen LogP contribution >= 0.6 is 0 Å². The van der Waals surface area contributed by atoms with Gasteiger partial charge in [0.2, 0.25) is 0 Å². The molecule has 68 valence electrons. The Morgan fingerprint density at radius 2 is 1.92 bits per heavy atom. The highest BCUT2D eigenvalue weighted by atomic mass is 27.0. The summed E-state index contributed by atoms with van der Waals surface area (Å²) in [7, 11) is 0. The molecule has 0 aromatic carbocycles. The van der Waals surface area contributed by atoms with Gasteiger partial charge >= 0.3 is 5.97 Å². The smallest absolute Gasteiger partial charge is 0.331 e. The van der Waals surface area contributed by atoms with Crippen LogP contribution in [0.25, 0.3) is 0 Å². The van der Waals surface area contributed by atoms with Crippen LogP contribution in [0.15, 0.2) is 11.6 Å². The molecule has 0 atom stereocenters. The normalized spacial score (nSPS) is 10.3. The van der Waals surface area contributed by atoms with Crippen molar-refractivity contribution in [2.75, 3.05) is 0 Å². The highest BCUT2D eigenvalue weighted by molar-refractivity contribution is 5.98. The lowest BCUT2D eigenvalue weighted by atomic mass is 10.2. The van der Waals surface area contributed by atoms with Gasteiger partial charge in [-0.1, -0.05) is 6.92 Å². The Morgan fingerprint density at radius 1 is 1.42 bits per heavy atom. The lowest BCUT2D eigenvalue weighted by Gasteiger charge is -1.91. The fourth-order valence-corrected chi connectivity index (χ4v) is 0.622. The maximum Gasteiger partial charge on any atom is 0.331 e. The van der Waals surface area contributed by atoms with Crippen LogP contribution in [0.3, 0.4) is 0 Å². The van der Waals surface area contributed by atoms with Gasteiger partial charge in [0.05, 0.1) is 0 Å². The number of carboxylic acid groups (broad SMARTS) is 1. The van der Waals surface area contributed by atoms with Gasteiger partial charge in [0.15, 0.2) is 23.1 Å². The van der Waals surface area contributed by atoms with Crippen LogP contribution in [0, 0.1) is 0 Å². The van der Waals surface area contributed by atoms with Gasteiger partial charge in [0.25, 0.3) is 0 Å². The first-order chi connectivity index (χ1) is 5.07. The van der Waals surface area contributed by atoms with Crippen LogP contribution in [0.1, 0.15) is 26.7 Å². The zero-order valence-electron chi connectivity index (χ0n) is 6.76. The SMILES string of the molecule is CCCC(=O)C=C(C)C(=O)O.[AlH3]. The van der Waals surface area contributed by atoms with Gasteiger partial charge in [-0.2, -0.15) is 0 Å². The number of allylic oxidation sites excluding steroid dienone is 1. The quantitative estimate of drug-likeness (QED) is 0.504. The molecule has 0 aliphatic heterocycles. The summed E-state index contributed by atoms with van der Waals surface area (Å²) in [4.78, 5) is 21.0. The second-order valence-electron chi connectivity index (χ2n) is 2.35. The van der Waals surface area contributed by atoms with Crippen molar-refractivity contribution >= 4 is 29.1 Å². The third-order valence-corrected chi connectivity index (χ3v) is 1.21. The maximum absolute atomic E-state index is 10.8. The number of carbonyl (C=O) groups is 2. The summed E-state index contributed by atoms with van der Waals surface area (Å²) in [6.07, 6.45) is 2.35. The Bertz CT molecular complexity index is 196. The van der Waals surface area contributed by atoms with Crippen LogP contribution < -0.4 is 0 Å². The van der Waals surface area contributed by atoms with E-state index >= 15 is 0 Å². The number of carbonyl (C=O) groups excluding carboxylic acids is 1. The largest absolute Gasteiger partial charge is 0.478 e. The molecule has 0 aliphatic rings. The van der Waals surface area contributed by atoms with E-state index in [1.807, 2.05) is 6.92 Å². The molecular weight excluding hydrogens is 171 g/mol. The molecule has 0 radical (unpaired) electrons. The molecule has 0 bridgehead atoms. The Balaban J connectivity index is 0. The fraction of sp³-hybridized carbons (Fsp3) is 0.500. The second kappa shape index (κ2) is 7.08. The predicted molar refractivity (Wildman–Crippen MR) is 51.2 cm³/mol. The highest BCUT2D eigenvalue weighted by Gasteiger charge is 2.02. The average Bonchev–Trinajstić information content (AvgIpc) is 1.87. The molecule has 0 unspecified atom stereocenters. The summed E-state index contributed by atoms with van der Waals surface area (Å²) in [5, 5.41) is 8.38. The van der Waals surface area contributed by atoms with Crippen molar-refractivity contribution in [1.82, 2.24) is 0 Å². The van der Waals surface area contributed by atoms with Gasteiger partial charge in [0, 0.05) is 12.0 Å².